The van der Waals surface area contributed by atoms with E-state index in [2.05, 4.69) is 40.7 Å². The van der Waals surface area contributed by atoms with Gasteiger partial charge in [0, 0.05) is 12.6 Å². The summed E-state index contributed by atoms with van der Waals surface area (Å²) in [5, 5.41) is 0. The Morgan fingerprint density at radius 1 is 1.29 bits per heavy atom. The number of rotatable bonds is 4. The fourth-order valence-corrected chi connectivity index (χ4v) is 4.26. The minimum absolute atomic E-state index is 0.239. The molecule has 21 heavy (non-hydrogen) atoms. The summed E-state index contributed by atoms with van der Waals surface area (Å²) in [5.74, 6) is 7.13. The van der Waals surface area contributed by atoms with Crippen molar-refractivity contribution < 1.29 is 4.74 Å². The number of hydrazine groups is 1. The highest BCUT2D eigenvalue weighted by Crippen LogP contribution is 2.50. The average Bonchev–Trinajstić information content (AvgIpc) is 3.17. The molecule has 4 heteroatoms. The zero-order chi connectivity index (χ0) is 14.2. The molecule has 4 rings (SSSR count). The van der Waals surface area contributed by atoms with Gasteiger partial charge in [-0.05, 0) is 43.2 Å². The first-order valence-electron chi connectivity index (χ1n) is 8.23. The molecule has 5 unspecified atom stereocenters. The van der Waals surface area contributed by atoms with Crippen LogP contribution in [0, 0.1) is 5.92 Å². The SMILES string of the molecule is NNC(C1CN2CCCC2CO1)C1CC1c1ccccc1. The minimum atomic E-state index is 0.239. The molecule has 114 valence electrons. The lowest BCUT2D eigenvalue weighted by Crippen LogP contribution is -2.56. The number of ether oxygens (including phenoxy) is 1. The van der Waals surface area contributed by atoms with E-state index in [0.29, 0.717) is 17.9 Å². The standard InChI is InChI=1S/C17H25N3O/c18-19-17(15-9-14(15)12-5-2-1-3-6-12)16-10-20-8-4-7-13(20)11-21-16/h1-3,5-6,13-17,19H,4,7-11,18H2. The van der Waals surface area contributed by atoms with Gasteiger partial charge in [0.25, 0.3) is 0 Å². The number of nitrogens with zero attached hydrogens (tertiary/aromatic N) is 1. The molecule has 1 aromatic carbocycles. The molecule has 0 aromatic heterocycles. The van der Waals surface area contributed by atoms with Crippen molar-refractivity contribution in [3.8, 4) is 0 Å². The van der Waals surface area contributed by atoms with Crippen LogP contribution in [-0.4, -0.2) is 42.8 Å². The number of hydrogen-bond acceptors (Lipinski definition) is 4. The first kappa shape index (κ1) is 13.7. The largest absolute Gasteiger partial charge is 0.374 e. The second-order valence-electron chi connectivity index (χ2n) is 6.77. The number of morpholine rings is 1. The normalized spacial score (nSPS) is 37.2. The van der Waals surface area contributed by atoms with Gasteiger partial charge in [0.15, 0.2) is 0 Å². The first-order valence-corrected chi connectivity index (χ1v) is 8.23. The van der Waals surface area contributed by atoms with Crippen LogP contribution in [0.4, 0.5) is 0 Å². The molecule has 1 aliphatic carbocycles. The van der Waals surface area contributed by atoms with Gasteiger partial charge in [-0.3, -0.25) is 16.2 Å². The van der Waals surface area contributed by atoms with Gasteiger partial charge < -0.3 is 4.74 Å². The van der Waals surface area contributed by atoms with E-state index in [1.165, 1.54) is 31.4 Å². The van der Waals surface area contributed by atoms with Crippen molar-refractivity contribution in [2.45, 2.75) is 43.4 Å². The Morgan fingerprint density at radius 3 is 2.95 bits per heavy atom. The number of fused-ring (bicyclic) bond motifs is 1. The van der Waals surface area contributed by atoms with Gasteiger partial charge >= 0.3 is 0 Å². The molecule has 3 aliphatic rings. The van der Waals surface area contributed by atoms with E-state index in [-0.39, 0.29) is 12.1 Å². The van der Waals surface area contributed by atoms with E-state index in [0.717, 1.165) is 13.2 Å². The topological polar surface area (TPSA) is 50.5 Å². The lowest BCUT2D eigenvalue weighted by molar-refractivity contribution is -0.0681. The van der Waals surface area contributed by atoms with Gasteiger partial charge in [-0.2, -0.15) is 0 Å². The zero-order valence-electron chi connectivity index (χ0n) is 12.4. The Labute approximate surface area is 126 Å². The van der Waals surface area contributed by atoms with Gasteiger partial charge in [0.05, 0.1) is 18.8 Å². The van der Waals surface area contributed by atoms with Crippen molar-refractivity contribution >= 4 is 0 Å². The lowest BCUT2D eigenvalue weighted by Gasteiger charge is -2.39. The van der Waals surface area contributed by atoms with Crippen LogP contribution in [0.25, 0.3) is 0 Å². The summed E-state index contributed by atoms with van der Waals surface area (Å²) >= 11 is 0. The molecule has 5 atom stereocenters. The molecular formula is C17H25N3O. The molecule has 2 saturated heterocycles. The van der Waals surface area contributed by atoms with E-state index in [4.69, 9.17) is 10.6 Å². The second kappa shape index (κ2) is 5.69. The van der Waals surface area contributed by atoms with Crippen LogP contribution in [-0.2, 0) is 4.74 Å². The molecule has 0 bridgehead atoms. The van der Waals surface area contributed by atoms with E-state index in [1.807, 2.05) is 0 Å². The minimum Gasteiger partial charge on any atom is -0.374 e. The van der Waals surface area contributed by atoms with Crippen LogP contribution in [0.1, 0.15) is 30.7 Å². The lowest BCUT2D eigenvalue weighted by atomic mass is 10.00. The Balaban J connectivity index is 1.42. The Morgan fingerprint density at radius 2 is 2.14 bits per heavy atom. The Hall–Kier alpha value is -0.940. The first-order chi connectivity index (χ1) is 10.4. The highest BCUT2D eigenvalue weighted by atomic mass is 16.5. The van der Waals surface area contributed by atoms with Crippen molar-refractivity contribution in [1.82, 2.24) is 10.3 Å². The second-order valence-corrected chi connectivity index (χ2v) is 6.77. The maximum atomic E-state index is 6.15. The van der Waals surface area contributed by atoms with Gasteiger partial charge in [-0.25, -0.2) is 0 Å². The molecule has 1 saturated carbocycles. The van der Waals surface area contributed by atoms with Crippen molar-refractivity contribution in [3.05, 3.63) is 35.9 Å². The van der Waals surface area contributed by atoms with Gasteiger partial charge in [-0.1, -0.05) is 30.3 Å². The molecule has 3 fully saturated rings. The van der Waals surface area contributed by atoms with E-state index in [9.17, 15) is 0 Å². The molecule has 0 radical (unpaired) electrons. The van der Waals surface area contributed by atoms with Crippen LogP contribution < -0.4 is 11.3 Å². The Kier molecular flexibility index (Phi) is 3.71. The summed E-state index contributed by atoms with van der Waals surface area (Å²) in [6.07, 6.45) is 4.08. The van der Waals surface area contributed by atoms with Crippen LogP contribution in [0.15, 0.2) is 30.3 Å². The summed E-state index contributed by atoms with van der Waals surface area (Å²) in [4.78, 5) is 2.60. The van der Waals surface area contributed by atoms with Crippen molar-refractivity contribution in [1.29, 1.82) is 0 Å². The van der Waals surface area contributed by atoms with Crippen molar-refractivity contribution in [2.75, 3.05) is 19.7 Å². The molecule has 0 amide bonds. The predicted molar refractivity (Wildman–Crippen MR) is 82.7 cm³/mol. The average molecular weight is 287 g/mol. The number of nitrogens with one attached hydrogen (secondary N) is 1. The zero-order valence-corrected chi connectivity index (χ0v) is 12.4. The van der Waals surface area contributed by atoms with Crippen LogP contribution in [0.5, 0.6) is 0 Å². The Bertz CT molecular complexity index is 480. The molecular weight excluding hydrogens is 262 g/mol. The van der Waals surface area contributed by atoms with Crippen molar-refractivity contribution in [2.24, 2.45) is 11.8 Å². The highest BCUT2D eigenvalue weighted by Gasteiger charge is 2.48. The highest BCUT2D eigenvalue weighted by molar-refractivity contribution is 5.27. The van der Waals surface area contributed by atoms with Gasteiger partial charge in [-0.15, -0.1) is 0 Å². The predicted octanol–water partition coefficient (Wildman–Crippen LogP) is 1.49. The van der Waals surface area contributed by atoms with Crippen LogP contribution in [0.2, 0.25) is 0 Å². The van der Waals surface area contributed by atoms with Crippen LogP contribution >= 0.6 is 0 Å². The number of nitrogens with two attached hydrogens (primary N) is 1. The molecule has 2 heterocycles. The van der Waals surface area contributed by atoms with E-state index < -0.39 is 0 Å². The fraction of sp³-hybridized carbons (Fsp3) is 0.647. The number of hydrogen-bond donors (Lipinski definition) is 2. The van der Waals surface area contributed by atoms with Gasteiger partial charge in [0.2, 0.25) is 0 Å². The summed E-state index contributed by atoms with van der Waals surface area (Å²) in [5.41, 5.74) is 4.50. The number of benzene rings is 1. The smallest absolute Gasteiger partial charge is 0.0871 e. The maximum Gasteiger partial charge on any atom is 0.0871 e. The summed E-state index contributed by atoms with van der Waals surface area (Å²) in [7, 11) is 0. The molecule has 2 aliphatic heterocycles. The molecule has 4 nitrogen and oxygen atoms in total. The fourth-order valence-electron chi connectivity index (χ4n) is 4.26. The van der Waals surface area contributed by atoms with Crippen molar-refractivity contribution in [3.63, 3.8) is 0 Å². The third-order valence-corrected chi connectivity index (χ3v) is 5.54. The summed E-state index contributed by atoms with van der Waals surface area (Å²) < 4.78 is 6.15. The summed E-state index contributed by atoms with van der Waals surface area (Å²) in [6, 6.07) is 11.7. The molecule has 1 aromatic rings. The van der Waals surface area contributed by atoms with Crippen LogP contribution in [0.3, 0.4) is 0 Å². The monoisotopic (exact) mass is 287 g/mol. The molecule has 0 spiro atoms. The maximum absolute atomic E-state index is 6.15. The van der Waals surface area contributed by atoms with E-state index >= 15 is 0 Å². The third kappa shape index (κ3) is 2.61. The quantitative estimate of drug-likeness (QED) is 0.651. The third-order valence-electron chi connectivity index (χ3n) is 5.54. The van der Waals surface area contributed by atoms with E-state index in [1.54, 1.807) is 0 Å². The molecule has 3 N–H and O–H groups in total. The van der Waals surface area contributed by atoms with Gasteiger partial charge in [0.1, 0.15) is 0 Å². The summed E-state index contributed by atoms with van der Waals surface area (Å²) in [6.45, 7) is 3.15.